The molecule has 0 unspecified atom stereocenters. The van der Waals surface area contributed by atoms with Crippen LogP contribution in [0.1, 0.15) is 69.4 Å². The quantitative estimate of drug-likeness (QED) is 0.163. The Kier molecular flexibility index (Phi) is 8.82. The lowest BCUT2D eigenvalue weighted by Gasteiger charge is -2.45. The maximum atomic E-state index is 2.70. The summed E-state index contributed by atoms with van der Waals surface area (Å²) in [6, 6.07) is 66.1. The standard InChI is InChI=1S/C59H55BN2Si/c1-38-27-30-50(40(3)31-38)62-52-36-47-46-25-16-17-26-55(46)63(44-21-12-10-13-22-44,45-23-14-11-15-24-45)56(47)37-49(52)60-48-29-28-42(59(7,8)9)35-51(48)61(53-32-39(2)33-54(62)57(53)60)43-20-18-19-41(34-43)58(4,5)6/h10-37H,1-9H3. The normalized spacial score (nSPS) is 14.5. The lowest BCUT2D eigenvalue weighted by atomic mass is 9.33. The summed E-state index contributed by atoms with van der Waals surface area (Å²) in [5, 5.41) is 5.79. The molecule has 11 rings (SSSR count). The van der Waals surface area contributed by atoms with Gasteiger partial charge in [-0.2, -0.15) is 0 Å². The molecule has 3 aliphatic heterocycles. The van der Waals surface area contributed by atoms with Crippen molar-refractivity contribution in [2.24, 2.45) is 0 Å². The third-order valence-electron chi connectivity index (χ3n) is 14.2. The van der Waals surface area contributed by atoms with Crippen LogP contribution in [0.2, 0.25) is 0 Å². The second-order valence-corrected chi connectivity index (χ2v) is 24.2. The number of fused-ring (bicyclic) bond motifs is 7. The van der Waals surface area contributed by atoms with Gasteiger partial charge in [-0.1, -0.05) is 174 Å². The van der Waals surface area contributed by atoms with Crippen LogP contribution in [-0.2, 0) is 10.8 Å². The zero-order valence-electron chi connectivity index (χ0n) is 38.1. The van der Waals surface area contributed by atoms with Gasteiger partial charge in [0.05, 0.1) is 0 Å². The van der Waals surface area contributed by atoms with Crippen LogP contribution < -0.4 is 46.9 Å². The van der Waals surface area contributed by atoms with E-state index in [2.05, 4.69) is 242 Å². The molecule has 8 aromatic rings. The summed E-state index contributed by atoms with van der Waals surface area (Å²) in [7, 11) is -2.79. The van der Waals surface area contributed by atoms with E-state index in [-0.39, 0.29) is 17.5 Å². The number of nitrogens with zero attached hydrogens (tertiary/aromatic N) is 2. The van der Waals surface area contributed by atoms with Crippen molar-refractivity contribution < 1.29 is 0 Å². The molecule has 3 heterocycles. The molecular weight excluding hydrogens is 776 g/mol. The van der Waals surface area contributed by atoms with Gasteiger partial charge in [-0.15, -0.1) is 0 Å². The van der Waals surface area contributed by atoms with Gasteiger partial charge in [0.25, 0.3) is 6.71 Å². The molecule has 0 aromatic heterocycles. The van der Waals surface area contributed by atoms with Crippen LogP contribution in [0.25, 0.3) is 11.1 Å². The van der Waals surface area contributed by atoms with Crippen molar-refractivity contribution in [3.63, 3.8) is 0 Å². The van der Waals surface area contributed by atoms with E-state index in [1.54, 1.807) is 0 Å². The lowest BCUT2D eigenvalue weighted by Crippen LogP contribution is -2.73. The Bertz CT molecular complexity index is 3100. The number of anilines is 6. The van der Waals surface area contributed by atoms with Crippen molar-refractivity contribution >= 4 is 86.0 Å². The van der Waals surface area contributed by atoms with Crippen LogP contribution >= 0.6 is 0 Å². The van der Waals surface area contributed by atoms with Crippen molar-refractivity contribution in [1.82, 2.24) is 0 Å². The fourth-order valence-electron chi connectivity index (χ4n) is 11.2. The van der Waals surface area contributed by atoms with E-state index in [4.69, 9.17) is 0 Å². The molecule has 0 saturated heterocycles. The second-order valence-electron chi connectivity index (χ2n) is 20.4. The zero-order chi connectivity index (χ0) is 43.6. The summed E-state index contributed by atoms with van der Waals surface area (Å²) >= 11 is 0. The Labute approximate surface area is 376 Å². The van der Waals surface area contributed by atoms with E-state index >= 15 is 0 Å². The zero-order valence-corrected chi connectivity index (χ0v) is 39.1. The highest BCUT2D eigenvalue weighted by atomic mass is 28.3. The third-order valence-corrected chi connectivity index (χ3v) is 19.1. The number of hydrogen-bond donors (Lipinski definition) is 0. The minimum absolute atomic E-state index is 0.001000. The van der Waals surface area contributed by atoms with Gasteiger partial charge in [-0.05, 0) is 145 Å². The van der Waals surface area contributed by atoms with Gasteiger partial charge in [-0.25, -0.2) is 0 Å². The number of hydrogen-bond acceptors (Lipinski definition) is 2. The van der Waals surface area contributed by atoms with E-state index in [9.17, 15) is 0 Å². The summed E-state index contributed by atoms with van der Waals surface area (Å²) in [5.74, 6) is 0. The van der Waals surface area contributed by atoms with Crippen LogP contribution in [-0.4, -0.2) is 14.8 Å². The van der Waals surface area contributed by atoms with E-state index in [1.165, 1.54) is 110 Å². The maximum Gasteiger partial charge on any atom is 0.252 e. The summed E-state index contributed by atoms with van der Waals surface area (Å²) in [6.45, 7) is 20.8. The smallest absolute Gasteiger partial charge is 0.252 e. The molecule has 3 aliphatic rings. The molecule has 8 aromatic carbocycles. The predicted molar refractivity (Wildman–Crippen MR) is 275 cm³/mol. The largest absolute Gasteiger partial charge is 0.311 e. The monoisotopic (exact) mass is 830 g/mol. The van der Waals surface area contributed by atoms with E-state index in [1.807, 2.05) is 0 Å². The van der Waals surface area contributed by atoms with Crippen LogP contribution in [0.5, 0.6) is 0 Å². The Morgan fingerprint density at radius 3 is 1.70 bits per heavy atom. The van der Waals surface area contributed by atoms with Gasteiger partial charge in [0.15, 0.2) is 8.07 Å². The summed E-state index contributed by atoms with van der Waals surface area (Å²) in [5.41, 5.74) is 20.7. The molecule has 0 bridgehead atoms. The number of benzene rings is 8. The molecule has 0 radical (unpaired) electrons. The fourth-order valence-corrected chi connectivity index (χ4v) is 16.4. The van der Waals surface area contributed by atoms with Crippen LogP contribution in [0.4, 0.5) is 34.1 Å². The molecule has 0 spiro atoms. The molecule has 4 heteroatoms. The fraction of sp³-hybridized carbons (Fsp3) is 0.186. The average Bonchev–Trinajstić information content (AvgIpc) is 3.55. The molecular formula is C59H55BN2Si. The van der Waals surface area contributed by atoms with Gasteiger partial charge in [0.1, 0.15) is 0 Å². The van der Waals surface area contributed by atoms with E-state index in [0.29, 0.717) is 0 Å². The average molecular weight is 831 g/mol. The van der Waals surface area contributed by atoms with E-state index in [0.717, 1.165) is 0 Å². The van der Waals surface area contributed by atoms with Gasteiger partial charge < -0.3 is 9.80 Å². The van der Waals surface area contributed by atoms with E-state index < -0.39 is 8.07 Å². The first-order chi connectivity index (χ1) is 30.2. The number of aryl methyl sites for hydroxylation is 3. The van der Waals surface area contributed by atoms with Gasteiger partial charge in [0, 0.05) is 34.1 Å². The highest BCUT2D eigenvalue weighted by Crippen LogP contribution is 2.47. The Morgan fingerprint density at radius 2 is 1.03 bits per heavy atom. The molecule has 0 atom stereocenters. The first-order valence-electron chi connectivity index (χ1n) is 22.7. The summed E-state index contributed by atoms with van der Waals surface area (Å²) in [6.07, 6.45) is 0. The Balaban J connectivity index is 1.29. The third kappa shape index (κ3) is 5.91. The molecule has 308 valence electrons. The van der Waals surface area contributed by atoms with Gasteiger partial charge in [0.2, 0.25) is 0 Å². The topological polar surface area (TPSA) is 6.48 Å². The van der Waals surface area contributed by atoms with Crippen molar-refractivity contribution in [2.75, 3.05) is 9.80 Å². The molecule has 63 heavy (non-hydrogen) atoms. The van der Waals surface area contributed by atoms with Crippen LogP contribution in [0.3, 0.4) is 0 Å². The number of rotatable bonds is 4. The SMILES string of the molecule is Cc1ccc(N2c3cc4c(cc3B3c5ccc(C(C)(C)C)cc5N(c5cccc(C(C)(C)C)c5)c5cc(C)cc2c53)[Si](c2ccccc2)(c2ccccc2)c2ccccc2-4)c(C)c1. The molecule has 0 amide bonds. The van der Waals surface area contributed by atoms with Crippen LogP contribution in [0.15, 0.2) is 170 Å². The second kappa shape index (κ2) is 14.1. The molecule has 0 fully saturated rings. The van der Waals surface area contributed by atoms with Crippen LogP contribution in [0, 0.1) is 20.8 Å². The molecule has 0 N–H and O–H groups in total. The molecule has 0 saturated carbocycles. The van der Waals surface area contributed by atoms with Crippen molar-refractivity contribution in [1.29, 1.82) is 0 Å². The molecule has 0 aliphatic carbocycles. The Morgan fingerprint density at radius 1 is 0.413 bits per heavy atom. The molecule has 2 nitrogen and oxygen atoms in total. The van der Waals surface area contributed by atoms with Crippen molar-refractivity contribution in [3.05, 3.63) is 198 Å². The Hall–Kier alpha value is -6.36. The maximum absolute atomic E-state index is 2.79. The van der Waals surface area contributed by atoms with Gasteiger partial charge >= 0.3 is 0 Å². The predicted octanol–water partition coefficient (Wildman–Crippen LogP) is 10.6. The summed E-state index contributed by atoms with van der Waals surface area (Å²) in [4.78, 5) is 5.23. The minimum Gasteiger partial charge on any atom is -0.311 e. The minimum atomic E-state index is -2.79. The first-order valence-corrected chi connectivity index (χ1v) is 24.7. The van der Waals surface area contributed by atoms with Crippen molar-refractivity contribution in [2.45, 2.75) is 73.1 Å². The van der Waals surface area contributed by atoms with Crippen molar-refractivity contribution in [3.8, 4) is 11.1 Å². The first kappa shape index (κ1) is 39.5. The summed E-state index contributed by atoms with van der Waals surface area (Å²) < 4.78 is 0. The highest BCUT2D eigenvalue weighted by molar-refractivity contribution is 7.22. The lowest BCUT2D eigenvalue weighted by molar-refractivity contribution is 0.590. The highest BCUT2D eigenvalue weighted by Gasteiger charge is 2.51. The van der Waals surface area contributed by atoms with Gasteiger partial charge in [-0.3, -0.25) is 0 Å².